The van der Waals surface area contributed by atoms with Gasteiger partial charge in [0.1, 0.15) is 0 Å². The maximum Gasteiger partial charge on any atom is 0.306 e. The highest BCUT2D eigenvalue weighted by Crippen LogP contribution is 2.32. The van der Waals surface area contributed by atoms with Gasteiger partial charge in [-0.05, 0) is 24.3 Å². The Balaban J connectivity index is 2.11. The summed E-state index contributed by atoms with van der Waals surface area (Å²) in [4.78, 5) is 2.21. The van der Waals surface area contributed by atoms with Crippen LogP contribution in [-0.4, -0.2) is 20.4 Å². The second kappa shape index (κ2) is 5.37. The van der Waals surface area contributed by atoms with Crippen LogP contribution in [0.5, 0.6) is 0 Å². The van der Waals surface area contributed by atoms with Crippen molar-refractivity contribution in [3.63, 3.8) is 0 Å². The molecule has 2 heterocycles. The van der Waals surface area contributed by atoms with Crippen molar-refractivity contribution in [2.75, 3.05) is 19.0 Å². The molecule has 0 amide bonds. The summed E-state index contributed by atoms with van der Waals surface area (Å²) in [5, 5.41) is 1.33. The number of pyridine rings is 1. The molecule has 0 saturated heterocycles. The molecule has 0 radical (unpaired) electrons. The zero-order chi connectivity index (χ0) is 16.9. The van der Waals surface area contributed by atoms with E-state index in [1.54, 1.807) is 0 Å². The minimum atomic E-state index is -0.776. The predicted octanol–water partition coefficient (Wildman–Crippen LogP) is 3.91. The molecule has 1 aromatic heterocycles. The number of hydrogen-bond acceptors (Lipinski definition) is 1. The maximum absolute atomic E-state index is 2.65. The molecule has 4 rings (SSSR count). The number of rotatable bonds is 3. The van der Waals surface area contributed by atoms with E-state index in [-0.39, 0.29) is 0 Å². The van der Waals surface area contributed by atoms with Crippen molar-refractivity contribution in [1.29, 1.82) is 0 Å². The van der Waals surface area contributed by atoms with Gasteiger partial charge in [0.2, 0.25) is 0 Å². The van der Waals surface area contributed by atoms with E-state index < -0.39 is 6.28 Å². The van der Waals surface area contributed by atoms with E-state index >= 15 is 0 Å². The Morgan fingerprint density at radius 3 is 2.38 bits per heavy atom. The average molecular weight is 316 g/mol. The molecule has 3 aromatic rings. The third-order valence-corrected chi connectivity index (χ3v) is 6.13. The van der Waals surface area contributed by atoms with Crippen molar-refractivity contribution < 1.29 is 4.48 Å². The quantitative estimate of drug-likeness (QED) is 0.665. The molecular weight excluding hydrogens is 291 g/mol. The van der Waals surface area contributed by atoms with Crippen molar-refractivity contribution in [3.8, 4) is 11.3 Å². The van der Waals surface area contributed by atoms with Gasteiger partial charge >= 0.3 is 6.28 Å². The summed E-state index contributed by atoms with van der Waals surface area (Å²) >= 11 is 0. The first-order chi connectivity index (χ1) is 11.6. The van der Waals surface area contributed by atoms with Crippen molar-refractivity contribution in [2.45, 2.75) is 26.5 Å². The van der Waals surface area contributed by atoms with Crippen LogP contribution in [0.25, 0.3) is 22.2 Å². The largest absolute Gasteiger partial charge is 0.409 e. The number of nitrogens with zero attached hydrogens (tertiary/aromatic N) is 2. The lowest BCUT2D eigenvalue weighted by Crippen LogP contribution is -2.68. The minimum absolute atomic E-state index is 0.776. The first-order valence-electron chi connectivity index (χ1n) is 9.07. The summed E-state index contributed by atoms with van der Waals surface area (Å²) in [5.74, 6) is 0. The smallest absolute Gasteiger partial charge is 0.306 e. The summed E-state index contributed by atoms with van der Waals surface area (Å²) in [6.07, 6.45) is 1.54. The lowest BCUT2D eigenvalue weighted by Gasteiger charge is -2.30. The van der Waals surface area contributed by atoms with Gasteiger partial charge in [0, 0.05) is 42.9 Å². The molecule has 24 heavy (non-hydrogen) atoms. The van der Waals surface area contributed by atoms with E-state index in [0.717, 1.165) is 12.6 Å². The van der Waals surface area contributed by atoms with Crippen LogP contribution < -0.4 is 14.8 Å². The molecule has 2 aromatic carbocycles. The van der Waals surface area contributed by atoms with E-state index in [4.69, 9.17) is 0 Å². The van der Waals surface area contributed by atoms with E-state index in [1.807, 2.05) is 0 Å². The predicted molar refractivity (Wildman–Crippen MR) is 106 cm³/mol. The number of anilines is 1. The van der Waals surface area contributed by atoms with Crippen LogP contribution in [0.4, 0.5) is 5.69 Å². The van der Waals surface area contributed by atoms with Gasteiger partial charge in [-0.1, -0.05) is 32.0 Å². The first-order valence-corrected chi connectivity index (χ1v) is 9.07. The molecule has 0 spiro atoms. The van der Waals surface area contributed by atoms with Crippen LogP contribution in [0.2, 0.25) is 12.6 Å². The van der Waals surface area contributed by atoms with Crippen LogP contribution in [0.15, 0.2) is 54.6 Å². The Morgan fingerprint density at radius 2 is 1.67 bits per heavy atom. The van der Waals surface area contributed by atoms with E-state index in [2.05, 4.69) is 91.9 Å². The lowest BCUT2D eigenvalue weighted by molar-refractivity contribution is -0.500. The summed E-state index contributed by atoms with van der Waals surface area (Å²) in [5.41, 5.74) is 6.97. The fourth-order valence-corrected chi connectivity index (χ4v) is 4.72. The van der Waals surface area contributed by atoms with Crippen LogP contribution in [0, 0.1) is 0 Å². The molecule has 122 valence electrons. The Labute approximate surface area is 144 Å². The van der Waals surface area contributed by atoms with Gasteiger partial charge in [0.05, 0.1) is 0 Å². The van der Waals surface area contributed by atoms with Crippen molar-refractivity contribution in [1.82, 2.24) is 0 Å². The third-order valence-electron chi connectivity index (χ3n) is 6.13. The number of para-hydroxylation sites is 1. The van der Waals surface area contributed by atoms with Crippen molar-refractivity contribution in [2.24, 2.45) is 0 Å². The van der Waals surface area contributed by atoms with Gasteiger partial charge in [-0.2, -0.15) is 0 Å². The van der Waals surface area contributed by atoms with Crippen molar-refractivity contribution >= 4 is 28.3 Å². The molecule has 1 aliphatic heterocycles. The lowest BCUT2D eigenvalue weighted by atomic mass is 9.28. The zero-order valence-electron chi connectivity index (χ0n) is 15.1. The highest BCUT2D eigenvalue weighted by atomic mass is 15.1. The molecule has 0 N–H and O–H groups in total. The van der Waals surface area contributed by atoms with Crippen LogP contribution in [0.3, 0.4) is 0 Å². The Morgan fingerprint density at radius 1 is 0.917 bits per heavy atom. The molecule has 3 heteroatoms. The summed E-state index contributed by atoms with van der Waals surface area (Å²) in [6.45, 7) is 4.69. The second-order valence-electron chi connectivity index (χ2n) is 7.32. The first kappa shape index (κ1) is 15.3. The summed E-state index contributed by atoms with van der Waals surface area (Å²) in [7, 11) is 4.25. The fourth-order valence-electron chi connectivity index (χ4n) is 4.72. The molecule has 0 saturated carbocycles. The van der Waals surface area contributed by atoms with Crippen LogP contribution >= 0.6 is 0 Å². The summed E-state index contributed by atoms with van der Waals surface area (Å²) in [6, 6.07) is 20.4. The van der Waals surface area contributed by atoms with Gasteiger partial charge in [-0.25, -0.2) is 0 Å². The molecular formula is C21H25BN2. The van der Waals surface area contributed by atoms with Crippen LogP contribution in [-0.2, 0) is 0 Å². The number of fused-ring (bicyclic) bond motifs is 5. The molecule has 1 aliphatic rings. The van der Waals surface area contributed by atoms with E-state index in [1.165, 1.54) is 33.3 Å². The molecule has 0 bridgehead atoms. The molecule has 0 atom stereocenters. The van der Waals surface area contributed by atoms with E-state index in [9.17, 15) is 0 Å². The number of benzene rings is 2. The van der Waals surface area contributed by atoms with E-state index in [0.29, 0.717) is 0 Å². The Bertz CT molecular complexity index is 926. The Hall–Kier alpha value is -2.29. The SMILES string of the molecule is CC[B-]1(CC)c2cc(N(C)C)ccc2-c2ccc3ccccc3[n+]21. The highest BCUT2D eigenvalue weighted by Gasteiger charge is 2.45. The standard InChI is InChI=1S/C21H25BN2/c1-5-22(6-2)19-15-17(23(3)4)12-13-18(19)21-14-11-16-9-7-8-10-20(16)24(21)22/h7-15H,5-6H2,1-4H3. The minimum Gasteiger partial charge on any atom is -0.409 e. The number of aromatic nitrogens is 1. The van der Waals surface area contributed by atoms with Crippen molar-refractivity contribution in [3.05, 3.63) is 54.6 Å². The maximum atomic E-state index is 2.65. The average Bonchev–Trinajstić information content (AvgIpc) is 2.91. The summed E-state index contributed by atoms with van der Waals surface area (Å²) < 4.78 is 2.65. The second-order valence-corrected chi connectivity index (χ2v) is 7.32. The topological polar surface area (TPSA) is 7.12 Å². The highest BCUT2D eigenvalue weighted by molar-refractivity contribution is 6.87. The molecule has 0 aliphatic carbocycles. The Kier molecular flexibility index (Phi) is 3.41. The third kappa shape index (κ3) is 1.87. The fraction of sp³-hybridized carbons (Fsp3) is 0.286. The van der Waals surface area contributed by atoms with Crippen LogP contribution in [0.1, 0.15) is 13.8 Å². The normalized spacial score (nSPS) is 14.5. The van der Waals surface area contributed by atoms with Gasteiger partial charge in [-0.15, -0.1) is 18.1 Å². The molecule has 2 nitrogen and oxygen atoms in total. The van der Waals surface area contributed by atoms with Gasteiger partial charge in [-0.3, -0.25) is 0 Å². The number of hydrogen-bond donors (Lipinski definition) is 0. The monoisotopic (exact) mass is 316 g/mol. The molecule has 0 unspecified atom stereocenters. The van der Waals surface area contributed by atoms with Gasteiger partial charge in [0.15, 0.2) is 11.2 Å². The van der Waals surface area contributed by atoms with Gasteiger partial charge in [0.25, 0.3) is 0 Å². The molecule has 0 fully saturated rings. The van der Waals surface area contributed by atoms with Gasteiger partial charge < -0.3 is 9.38 Å². The zero-order valence-corrected chi connectivity index (χ0v) is 15.1.